The van der Waals surface area contributed by atoms with Crippen molar-refractivity contribution in [3.8, 4) is 23.3 Å². The maximum atomic E-state index is 15.0. The van der Waals surface area contributed by atoms with Gasteiger partial charge in [-0.25, -0.2) is 9.89 Å². The maximum absolute atomic E-state index is 15.0. The van der Waals surface area contributed by atoms with Crippen LogP contribution < -0.4 is 19.7 Å². The molecule has 2 fully saturated rings. The fourth-order valence-electron chi connectivity index (χ4n) is 10.9. The van der Waals surface area contributed by atoms with Gasteiger partial charge < -0.3 is 54.4 Å². The highest BCUT2D eigenvalue weighted by atomic mass is 16.7. The van der Waals surface area contributed by atoms with E-state index in [1.54, 1.807) is 18.2 Å². The van der Waals surface area contributed by atoms with Crippen LogP contribution in [0.25, 0.3) is 0 Å². The van der Waals surface area contributed by atoms with Gasteiger partial charge in [-0.05, 0) is 61.4 Å². The zero-order chi connectivity index (χ0) is 47.6. The average molecular weight is 933 g/mol. The van der Waals surface area contributed by atoms with Gasteiger partial charge in [0.25, 0.3) is 11.7 Å². The maximum Gasteiger partial charge on any atom is 0.284 e. The lowest BCUT2D eigenvalue weighted by Gasteiger charge is -2.51. The summed E-state index contributed by atoms with van der Waals surface area (Å²) in [5.41, 5.74) is -2.57. The Morgan fingerprint density at radius 3 is 2.59 bits per heavy atom. The molecule has 0 aromatic heterocycles. The number of ketones is 2. The van der Waals surface area contributed by atoms with Crippen LogP contribution >= 0.6 is 0 Å². The molecular formula is C49H50N5O14+. The number of carbonyl (C=O) groups excluding carboxylic acids is 4. The number of aliphatic imine (C=N–C) groups is 2. The van der Waals surface area contributed by atoms with Crippen LogP contribution in [0.3, 0.4) is 0 Å². The molecule has 3 aromatic carbocycles. The molecule has 7 aliphatic rings. The van der Waals surface area contributed by atoms with E-state index >= 15 is 0 Å². The molecule has 19 nitrogen and oxygen atoms in total. The van der Waals surface area contributed by atoms with Crippen LogP contribution in [0, 0.1) is 23.2 Å². The smallest absolute Gasteiger partial charge is 0.284 e. The zero-order valence-electron chi connectivity index (χ0n) is 36.6. The molecule has 1 saturated carbocycles. The molecule has 10 rings (SSSR count). The van der Waals surface area contributed by atoms with Crippen LogP contribution in [0.15, 0.2) is 58.5 Å². The average Bonchev–Trinajstić information content (AvgIpc) is 3.99. The summed E-state index contributed by atoms with van der Waals surface area (Å²) in [5, 5.41) is 79.9. The van der Waals surface area contributed by atoms with Crippen molar-refractivity contribution in [2.24, 2.45) is 15.9 Å². The molecule has 0 radical (unpaired) electrons. The molecule has 19 heteroatoms. The van der Waals surface area contributed by atoms with Crippen LogP contribution in [0.1, 0.15) is 106 Å². The summed E-state index contributed by atoms with van der Waals surface area (Å²) in [6.07, 6.45) is -7.53. The van der Waals surface area contributed by atoms with E-state index in [-0.39, 0.29) is 95.8 Å². The standard InChI is InChI=1S/C49H49N5O14/c50-47-52-43-36(44(63)53-47)51-23-54(43)33-8-2-1-7-29(33)34-25-10-11-26(57)6-5-16-49(64)42(62)39(61)45(68-46(49)48(66-21-25)14-3-4-15-48)67-40-32(34)19-31-35(41(40)65-22-27(58)13-17-55)38(60)30-18-24(20-56)9-12-28(30)37(31)59/h1-2,7-9,12,17-19,25-27,34,39,42,45-46,56-58,61-62,64H,3-4,6,10-11,13-15,20-23H2,(H2,50,53,63)/p+1/t25-,26+,27+,34-,39-,42-,45-,46-,49+/m0/s1. The number of benzene rings is 3. The number of hydrogen-bond donors (Lipinski definition) is 9. The SMILES string of the molecule is N=C1N=C2C(=NC[NH+]2c2ccccc2[C@H]2c3cc4c(c(OC[C@H](O)CC=O)c3O[C@H]3O[C@H]5C6(CCCC6)OC[C@@H]2CC[C@H](O)CC#C[C@@]5(O)[C@@H](O)[C@@H]3O)C(=O)c2cc(CO)ccc2C4=O)C(=O)N1. The first-order valence-electron chi connectivity index (χ1n) is 22.8. The molecule has 354 valence electrons. The second-order valence-corrected chi connectivity index (χ2v) is 18.4. The molecule has 3 aromatic rings. The fraction of sp³-hybridized carbons (Fsp3) is 0.449. The first-order chi connectivity index (χ1) is 32.8. The summed E-state index contributed by atoms with van der Waals surface area (Å²) in [6.45, 7) is -1.14. The number of rotatable bonds is 8. The van der Waals surface area contributed by atoms with Crippen LogP contribution in [-0.2, 0) is 25.7 Å². The lowest BCUT2D eigenvalue weighted by Crippen LogP contribution is -3.09. The van der Waals surface area contributed by atoms with Crippen LogP contribution in [0.4, 0.5) is 5.69 Å². The van der Waals surface area contributed by atoms with Gasteiger partial charge in [0.1, 0.15) is 36.9 Å². The van der Waals surface area contributed by atoms with E-state index in [0.717, 1.165) is 0 Å². The topological polar surface area (TPSA) is 292 Å². The van der Waals surface area contributed by atoms with Gasteiger partial charge in [0, 0.05) is 46.6 Å². The first-order valence-corrected chi connectivity index (χ1v) is 22.8. The number of guanidine groups is 1. The van der Waals surface area contributed by atoms with Crippen LogP contribution in [0.2, 0.25) is 0 Å². The Labute approximate surface area is 388 Å². The number of ether oxygens (including phenoxy) is 4. The Balaban J connectivity index is 1.28. The summed E-state index contributed by atoms with van der Waals surface area (Å²) in [5.74, 6) is 1.20. The van der Waals surface area contributed by atoms with Crippen molar-refractivity contribution in [1.29, 1.82) is 5.41 Å². The molecule has 1 spiro atoms. The Kier molecular flexibility index (Phi) is 12.0. The molecule has 3 bridgehead atoms. The summed E-state index contributed by atoms with van der Waals surface area (Å²) < 4.78 is 27.0. The van der Waals surface area contributed by atoms with Gasteiger partial charge in [0.05, 0.1) is 36.6 Å². The van der Waals surface area contributed by atoms with Crippen molar-refractivity contribution in [2.45, 2.75) is 112 Å². The monoisotopic (exact) mass is 932 g/mol. The number of aliphatic hydroxyl groups is 6. The summed E-state index contributed by atoms with van der Waals surface area (Å²) >= 11 is 0. The van der Waals surface area contributed by atoms with Gasteiger partial charge in [-0.15, -0.1) is 0 Å². The van der Waals surface area contributed by atoms with E-state index in [0.29, 0.717) is 53.7 Å². The predicted molar refractivity (Wildman–Crippen MR) is 237 cm³/mol. The van der Waals surface area contributed by atoms with E-state index < -0.39 is 90.5 Å². The minimum absolute atomic E-state index is 0.00333. The van der Waals surface area contributed by atoms with Crippen molar-refractivity contribution < 1.29 is 73.7 Å². The number of amides is 1. The highest BCUT2D eigenvalue weighted by Gasteiger charge is 2.64. The van der Waals surface area contributed by atoms with Gasteiger partial charge in [-0.3, -0.25) is 25.1 Å². The van der Waals surface area contributed by atoms with Gasteiger partial charge in [-0.1, -0.05) is 48.9 Å². The Morgan fingerprint density at radius 1 is 1.01 bits per heavy atom. The lowest BCUT2D eigenvalue weighted by atomic mass is 9.73. The third-order valence-electron chi connectivity index (χ3n) is 14.3. The zero-order valence-corrected chi connectivity index (χ0v) is 36.6. The normalized spacial score (nSPS) is 30.7. The number of aliphatic hydroxyl groups excluding tert-OH is 5. The first kappa shape index (κ1) is 45.7. The van der Waals surface area contributed by atoms with Crippen molar-refractivity contribution in [1.82, 2.24) is 5.32 Å². The minimum Gasteiger partial charge on any atom is -0.486 e. The largest absolute Gasteiger partial charge is 0.486 e. The summed E-state index contributed by atoms with van der Waals surface area (Å²) in [7, 11) is 0. The van der Waals surface area contributed by atoms with Crippen LogP contribution in [-0.4, -0.2) is 140 Å². The molecule has 1 unspecified atom stereocenters. The Hall–Kier alpha value is -6.05. The third-order valence-corrected chi connectivity index (χ3v) is 14.3. The van der Waals surface area contributed by atoms with Crippen molar-refractivity contribution in [3.05, 3.63) is 87.5 Å². The highest BCUT2D eigenvalue weighted by Crippen LogP contribution is 2.53. The molecule has 1 amide bonds. The number of aldehydes is 1. The minimum atomic E-state index is -2.46. The van der Waals surface area contributed by atoms with Crippen LogP contribution in [0.5, 0.6) is 11.5 Å². The molecule has 2 aliphatic carbocycles. The lowest BCUT2D eigenvalue weighted by molar-refractivity contribution is -0.723. The second-order valence-electron chi connectivity index (χ2n) is 18.4. The molecule has 5 aliphatic heterocycles. The van der Waals surface area contributed by atoms with E-state index in [9.17, 15) is 49.8 Å². The van der Waals surface area contributed by atoms with Gasteiger partial charge in [-0.2, -0.15) is 4.99 Å². The van der Waals surface area contributed by atoms with Crippen molar-refractivity contribution in [2.75, 3.05) is 19.9 Å². The molecule has 1 saturated heterocycles. The Morgan fingerprint density at radius 2 is 1.81 bits per heavy atom. The molecular weight excluding hydrogens is 883 g/mol. The quantitative estimate of drug-likeness (QED) is 0.0823. The van der Waals surface area contributed by atoms with Gasteiger partial charge >= 0.3 is 0 Å². The molecule has 10 atom stereocenters. The second kappa shape index (κ2) is 17.8. The van der Waals surface area contributed by atoms with Gasteiger partial charge in [0.2, 0.25) is 18.0 Å². The highest BCUT2D eigenvalue weighted by molar-refractivity contribution is 6.68. The number of nitrogens with one attached hydrogen (secondary N) is 3. The van der Waals surface area contributed by atoms with E-state index in [4.69, 9.17) is 24.4 Å². The number of para-hydroxylation sites is 1. The molecule has 5 heterocycles. The number of hydrogen-bond acceptors (Lipinski definition) is 16. The predicted octanol–water partition coefficient (Wildman–Crippen LogP) is -0.130. The fourth-order valence-corrected chi connectivity index (χ4v) is 10.9. The number of amidine groups is 1. The van der Waals surface area contributed by atoms with E-state index in [1.807, 2.05) is 6.07 Å². The number of quaternary nitrogens is 1. The number of fused-ring (bicyclic) bond motifs is 7. The Bertz CT molecular complexity index is 2760. The summed E-state index contributed by atoms with van der Waals surface area (Å²) in [4.78, 5) is 64.1. The summed E-state index contributed by atoms with van der Waals surface area (Å²) in [6, 6.07) is 13.0. The number of carbonyl (C=O) groups is 4. The molecule has 9 N–H and O–H groups in total. The van der Waals surface area contributed by atoms with Crippen molar-refractivity contribution in [3.63, 3.8) is 0 Å². The third kappa shape index (κ3) is 7.56. The van der Waals surface area contributed by atoms with E-state index in [2.05, 4.69) is 27.1 Å². The van der Waals surface area contributed by atoms with Gasteiger partial charge in [0.15, 0.2) is 35.3 Å². The van der Waals surface area contributed by atoms with E-state index in [1.165, 1.54) is 24.3 Å². The van der Waals surface area contributed by atoms with Crippen molar-refractivity contribution >= 4 is 47.0 Å². The number of nitrogens with zero attached hydrogens (tertiary/aromatic N) is 2. The molecule has 68 heavy (non-hydrogen) atoms.